The molecule has 1 amide bonds. The molecular formula is C18H21N3O3S. The van der Waals surface area contributed by atoms with Gasteiger partial charge in [-0.15, -0.1) is 11.3 Å². The molecule has 0 aliphatic carbocycles. The first-order valence-electron chi connectivity index (χ1n) is 8.62. The number of rotatable bonds is 4. The Morgan fingerprint density at radius 3 is 3.16 bits per heavy atom. The van der Waals surface area contributed by atoms with Gasteiger partial charge in [0.2, 0.25) is 0 Å². The quantitative estimate of drug-likeness (QED) is 0.909. The fourth-order valence-corrected chi connectivity index (χ4v) is 4.16. The van der Waals surface area contributed by atoms with E-state index in [4.69, 9.17) is 9.47 Å². The molecule has 0 aromatic carbocycles. The zero-order chi connectivity index (χ0) is 17.1. The van der Waals surface area contributed by atoms with Gasteiger partial charge in [-0.1, -0.05) is 6.07 Å². The standard InChI is InChI=1S/C18H21N3O3S/c22-18(17-16-14(12-25-17)23-8-9-24-16)20-10-13-4-3-7-21(11-13)15-5-1-2-6-19-15/h1-2,5-6,12-13H,3-4,7-11H2,(H,20,22)/t13-/m0/s1. The summed E-state index contributed by atoms with van der Waals surface area (Å²) in [4.78, 5) is 19.8. The van der Waals surface area contributed by atoms with Crippen LogP contribution < -0.4 is 19.7 Å². The van der Waals surface area contributed by atoms with Gasteiger partial charge in [0.25, 0.3) is 5.91 Å². The molecule has 2 aliphatic heterocycles. The van der Waals surface area contributed by atoms with Crippen LogP contribution in [0.25, 0.3) is 0 Å². The summed E-state index contributed by atoms with van der Waals surface area (Å²) in [6, 6.07) is 5.98. The van der Waals surface area contributed by atoms with E-state index in [1.54, 1.807) is 0 Å². The highest BCUT2D eigenvalue weighted by Crippen LogP contribution is 2.39. The van der Waals surface area contributed by atoms with Crippen LogP contribution in [0.15, 0.2) is 29.8 Å². The van der Waals surface area contributed by atoms with Gasteiger partial charge in [0.15, 0.2) is 11.5 Å². The minimum Gasteiger partial charge on any atom is -0.485 e. The first-order valence-corrected chi connectivity index (χ1v) is 9.50. The van der Waals surface area contributed by atoms with Crippen molar-refractivity contribution in [1.29, 1.82) is 0 Å². The predicted octanol–water partition coefficient (Wildman–Crippen LogP) is 2.56. The van der Waals surface area contributed by atoms with E-state index in [-0.39, 0.29) is 5.91 Å². The normalized spacial score (nSPS) is 19.5. The molecule has 4 rings (SSSR count). The number of nitrogens with one attached hydrogen (secondary N) is 1. The molecule has 1 saturated heterocycles. The molecule has 2 aromatic rings. The number of hydrogen-bond donors (Lipinski definition) is 1. The molecule has 1 atom stereocenters. The largest absolute Gasteiger partial charge is 0.485 e. The Balaban J connectivity index is 1.35. The number of aromatic nitrogens is 1. The van der Waals surface area contributed by atoms with E-state index in [1.165, 1.54) is 11.3 Å². The van der Waals surface area contributed by atoms with E-state index >= 15 is 0 Å². The number of piperidine rings is 1. The van der Waals surface area contributed by atoms with Crippen molar-refractivity contribution >= 4 is 23.1 Å². The number of thiophene rings is 1. The van der Waals surface area contributed by atoms with Crippen molar-refractivity contribution in [3.8, 4) is 11.5 Å². The van der Waals surface area contributed by atoms with Crippen LogP contribution in [-0.4, -0.2) is 43.7 Å². The van der Waals surface area contributed by atoms with Crippen molar-refractivity contribution < 1.29 is 14.3 Å². The Morgan fingerprint density at radius 1 is 1.36 bits per heavy atom. The number of anilines is 1. The Bertz CT molecular complexity index is 734. The lowest BCUT2D eigenvalue weighted by molar-refractivity contribution is 0.0940. The average molecular weight is 359 g/mol. The second-order valence-corrected chi connectivity index (χ2v) is 7.19. The molecule has 0 spiro atoms. The van der Waals surface area contributed by atoms with Crippen LogP contribution in [0.5, 0.6) is 11.5 Å². The lowest BCUT2D eigenvalue weighted by Crippen LogP contribution is -2.41. The molecule has 4 heterocycles. The molecule has 25 heavy (non-hydrogen) atoms. The summed E-state index contributed by atoms with van der Waals surface area (Å²) < 4.78 is 11.1. The number of fused-ring (bicyclic) bond motifs is 1. The summed E-state index contributed by atoms with van der Waals surface area (Å²) in [5.74, 6) is 2.63. The maximum Gasteiger partial charge on any atom is 0.265 e. The van der Waals surface area contributed by atoms with E-state index in [9.17, 15) is 4.79 Å². The van der Waals surface area contributed by atoms with Crippen molar-refractivity contribution in [3.63, 3.8) is 0 Å². The monoisotopic (exact) mass is 359 g/mol. The van der Waals surface area contributed by atoms with Crippen molar-refractivity contribution in [2.75, 3.05) is 37.7 Å². The van der Waals surface area contributed by atoms with E-state index < -0.39 is 0 Å². The molecule has 1 fully saturated rings. The summed E-state index contributed by atoms with van der Waals surface area (Å²) in [5.41, 5.74) is 0. The fraction of sp³-hybridized carbons (Fsp3) is 0.444. The number of pyridine rings is 1. The molecule has 132 valence electrons. The summed E-state index contributed by atoms with van der Waals surface area (Å²) in [6.45, 7) is 3.63. The van der Waals surface area contributed by atoms with Gasteiger partial charge in [-0.3, -0.25) is 4.79 Å². The number of hydrogen-bond acceptors (Lipinski definition) is 6. The van der Waals surface area contributed by atoms with Gasteiger partial charge < -0.3 is 19.7 Å². The number of amides is 1. The second-order valence-electron chi connectivity index (χ2n) is 6.31. The van der Waals surface area contributed by atoms with Gasteiger partial charge in [-0.05, 0) is 30.9 Å². The van der Waals surface area contributed by atoms with E-state index in [0.29, 0.717) is 42.1 Å². The smallest absolute Gasteiger partial charge is 0.265 e. The minimum absolute atomic E-state index is 0.0771. The van der Waals surface area contributed by atoms with Crippen molar-refractivity contribution in [2.45, 2.75) is 12.8 Å². The number of carbonyl (C=O) groups is 1. The molecule has 1 N–H and O–H groups in total. The van der Waals surface area contributed by atoms with Crippen molar-refractivity contribution in [2.24, 2.45) is 5.92 Å². The molecular weight excluding hydrogens is 338 g/mol. The molecule has 0 bridgehead atoms. The van der Waals surface area contributed by atoms with Crippen LogP contribution in [0, 0.1) is 5.92 Å². The molecule has 7 heteroatoms. The zero-order valence-electron chi connectivity index (χ0n) is 13.9. The van der Waals surface area contributed by atoms with E-state index in [2.05, 4.69) is 15.2 Å². The number of ether oxygens (including phenoxy) is 2. The van der Waals surface area contributed by atoms with Gasteiger partial charge in [0.1, 0.15) is 23.9 Å². The lowest BCUT2D eigenvalue weighted by atomic mass is 9.98. The highest BCUT2D eigenvalue weighted by molar-refractivity contribution is 7.12. The summed E-state index contributed by atoms with van der Waals surface area (Å²) in [7, 11) is 0. The SMILES string of the molecule is O=C(NC[C@@H]1CCCN(c2ccccn2)C1)c1scc2c1OCCO2. The molecule has 6 nitrogen and oxygen atoms in total. The number of nitrogens with zero attached hydrogens (tertiary/aromatic N) is 2. The highest BCUT2D eigenvalue weighted by Gasteiger charge is 2.25. The maximum absolute atomic E-state index is 12.5. The van der Waals surface area contributed by atoms with Crippen LogP contribution in [0.2, 0.25) is 0 Å². The minimum atomic E-state index is -0.0771. The molecule has 0 saturated carbocycles. The Kier molecular flexibility index (Phi) is 4.74. The van der Waals surface area contributed by atoms with Gasteiger partial charge in [0.05, 0.1) is 0 Å². The molecule has 0 radical (unpaired) electrons. The average Bonchev–Trinajstić information content (AvgIpc) is 3.11. The predicted molar refractivity (Wildman–Crippen MR) is 96.8 cm³/mol. The van der Waals surface area contributed by atoms with Gasteiger partial charge in [-0.2, -0.15) is 0 Å². The van der Waals surface area contributed by atoms with Crippen molar-refractivity contribution in [3.05, 3.63) is 34.7 Å². The zero-order valence-corrected chi connectivity index (χ0v) is 14.8. The van der Waals surface area contributed by atoms with Crippen LogP contribution in [0.3, 0.4) is 0 Å². The fourth-order valence-electron chi connectivity index (χ4n) is 3.32. The molecule has 0 unspecified atom stereocenters. The van der Waals surface area contributed by atoms with E-state index in [1.807, 2.05) is 29.8 Å². The van der Waals surface area contributed by atoms with Crippen LogP contribution in [0.4, 0.5) is 5.82 Å². The van der Waals surface area contributed by atoms with Crippen LogP contribution in [-0.2, 0) is 0 Å². The third kappa shape index (κ3) is 3.56. The lowest BCUT2D eigenvalue weighted by Gasteiger charge is -2.33. The number of carbonyl (C=O) groups excluding carboxylic acids is 1. The van der Waals surface area contributed by atoms with E-state index in [0.717, 1.165) is 31.7 Å². The van der Waals surface area contributed by atoms with Crippen molar-refractivity contribution in [1.82, 2.24) is 10.3 Å². The first kappa shape index (κ1) is 16.2. The Hall–Kier alpha value is -2.28. The first-order chi connectivity index (χ1) is 12.3. The van der Waals surface area contributed by atoms with Gasteiger partial charge in [-0.25, -0.2) is 4.98 Å². The summed E-state index contributed by atoms with van der Waals surface area (Å²) >= 11 is 1.37. The third-order valence-electron chi connectivity index (χ3n) is 4.55. The van der Waals surface area contributed by atoms with Gasteiger partial charge in [0, 0.05) is 31.2 Å². The molecule has 2 aromatic heterocycles. The van der Waals surface area contributed by atoms with Crippen LogP contribution >= 0.6 is 11.3 Å². The highest BCUT2D eigenvalue weighted by atomic mass is 32.1. The summed E-state index contributed by atoms with van der Waals surface area (Å²) in [6.07, 6.45) is 4.05. The topological polar surface area (TPSA) is 63.7 Å². The Labute approximate surface area is 150 Å². The second kappa shape index (κ2) is 7.31. The van der Waals surface area contributed by atoms with Crippen LogP contribution in [0.1, 0.15) is 22.5 Å². The Morgan fingerprint density at radius 2 is 2.28 bits per heavy atom. The molecule has 2 aliphatic rings. The maximum atomic E-state index is 12.5. The summed E-state index contributed by atoms with van der Waals surface area (Å²) in [5, 5.41) is 4.91. The van der Waals surface area contributed by atoms with Gasteiger partial charge >= 0.3 is 0 Å². The third-order valence-corrected chi connectivity index (χ3v) is 5.49.